The summed E-state index contributed by atoms with van der Waals surface area (Å²) >= 11 is 0. The van der Waals surface area contributed by atoms with Crippen LogP contribution in [0, 0.1) is 11.6 Å². The van der Waals surface area contributed by atoms with Gasteiger partial charge in [-0.25, -0.2) is 8.78 Å². The normalized spacial score (nSPS) is 14.0. The summed E-state index contributed by atoms with van der Waals surface area (Å²) in [4.78, 5) is 4.35. The molecule has 0 fully saturated rings. The minimum absolute atomic E-state index is 0.194. The second-order valence-electron chi connectivity index (χ2n) is 13.0. The maximum absolute atomic E-state index is 15.6. The van der Waals surface area contributed by atoms with Gasteiger partial charge in [0.1, 0.15) is 11.6 Å². The summed E-state index contributed by atoms with van der Waals surface area (Å²) in [6.07, 6.45) is 1.58. The summed E-state index contributed by atoms with van der Waals surface area (Å²) < 4.78 is 31.2. The highest BCUT2D eigenvalue weighted by atomic mass is 19.1. The van der Waals surface area contributed by atoms with Crippen LogP contribution in [0.15, 0.2) is 133 Å². The first-order valence-electron chi connectivity index (χ1n) is 16.6. The smallest absolute Gasteiger partial charge is 0.147 e. The van der Waals surface area contributed by atoms with Gasteiger partial charge in [0, 0.05) is 46.0 Å². The predicted octanol–water partition coefficient (Wildman–Crippen LogP) is 11.6. The van der Waals surface area contributed by atoms with Gasteiger partial charge in [-0.05, 0) is 81.3 Å². The van der Waals surface area contributed by atoms with Crippen LogP contribution in [-0.2, 0) is 12.8 Å². The van der Waals surface area contributed by atoms with Crippen LogP contribution in [0.1, 0.15) is 11.1 Å². The molecule has 0 atom stereocenters. The standard InChI is InChI=1S/C44H30F2N2/c45-37-15-7-13-29-21-23-47(43(29)37)39-25-35(27-9-3-1-4-10-27)31-17-19-34-40(48-24-22-30-14-8-16-38(46)44(30)48)26-36(28-11-5-2-6-12-28)32-18-20-33(39)41(31)42(32)34/h1-20,25-26H,21-24H2. The number of benzene rings is 8. The van der Waals surface area contributed by atoms with Crippen LogP contribution < -0.4 is 9.80 Å². The molecular formula is C44H30F2N2. The van der Waals surface area contributed by atoms with Crippen LogP contribution in [-0.4, -0.2) is 13.1 Å². The van der Waals surface area contributed by atoms with Gasteiger partial charge < -0.3 is 9.80 Å². The molecule has 4 heteroatoms. The summed E-state index contributed by atoms with van der Waals surface area (Å²) in [5.41, 5.74) is 9.86. The average Bonchev–Trinajstić information content (AvgIpc) is 3.77. The number of nitrogens with zero attached hydrogens (tertiary/aromatic N) is 2. The number of hydrogen-bond acceptors (Lipinski definition) is 2. The number of para-hydroxylation sites is 2. The minimum atomic E-state index is -0.194. The van der Waals surface area contributed by atoms with E-state index in [1.165, 1.54) is 0 Å². The van der Waals surface area contributed by atoms with Crippen molar-refractivity contribution >= 4 is 55.1 Å². The van der Waals surface area contributed by atoms with E-state index >= 15 is 8.78 Å². The Hall–Kier alpha value is -5.74. The number of halogens is 2. The first-order chi connectivity index (χ1) is 23.7. The third-order valence-electron chi connectivity index (χ3n) is 10.5. The van der Waals surface area contributed by atoms with Crippen molar-refractivity contribution in [3.8, 4) is 22.3 Å². The number of fused-ring (bicyclic) bond motifs is 2. The fourth-order valence-electron chi connectivity index (χ4n) is 8.41. The van der Waals surface area contributed by atoms with E-state index in [1.54, 1.807) is 12.1 Å². The van der Waals surface area contributed by atoms with E-state index in [-0.39, 0.29) is 11.6 Å². The molecule has 0 aliphatic carbocycles. The van der Waals surface area contributed by atoms with Crippen LogP contribution in [0.3, 0.4) is 0 Å². The molecule has 0 N–H and O–H groups in total. The molecule has 2 aliphatic rings. The number of rotatable bonds is 4. The van der Waals surface area contributed by atoms with E-state index in [0.29, 0.717) is 24.5 Å². The zero-order valence-electron chi connectivity index (χ0n) is 26.2. The molecule has 2 nitrogen and oxygen atoms in total. The van der Waals surface area contributed by atoms with Crippen LogP contribution in [0.5, 0.6) is 0 Å². The van der Waals surface area contributed by atoms with Crippen LogP contribution in [0.4, 0.5) is 31.5 Å². The summed E-state index contributed by atoms with van der Waals surface area (Å²) in [6.45, 7) is 1.41. The lowest BCUT2D eigenvalue weighted by molar-refractivity contribution is 0.628. The fraction of sp³-hybridized carbons (Fsp3) is 0.0909. The van der Waals surface area contributed by atoms with Gasteiger partial charge in [-0.1, -0.05) is 109 Å². The monoisotopic (exact) mass is 624 g/mol. The Morgan fingerprint density at radius 1 is 0.417 bits per heavy atom. The highest BCUT2D eigenvalue weighted by molar-refractivity contribution is 6.32. The van der Waals surface area contributed by atoms with Gasteiger partial charge in [0.25, 0.3) is 0 Å². The van der Waals surface area contributed by atoms with Gasteiger partial charge in [-0.2, -0.15) is 0 Å². The van der Waals surface area contributed by atoms with Crippen molar-refractivity contribution in [3.05, 3.63) is 156 Å². The molecule has 0 radical (unpaired) electrons. The van der Waals surface area contributed by atoms with Crippen molar-refractivity contribution < 1.29 is 8.78 Å². The molecule has 8 aromatic carbocycles. The molecule has 48 heavy (non-hydrogen) atoms. The van der Waals surface area contributed by atoms with Gasteiger partial charge >= 0.3 is 0 Å². The molecule has 0 saturated heterocycles. The molecule has 0 saturated carbocycles. The molecule has 10 rings (SSSR count). The Labute approximate surface area is 277 Å². The lowest BCUT2D eigenvalue weighted by atomic mass is 9.85. The van der Waals surface area contributed by atoms with Crippen LogP contribution >= 0.6 is 0 Å². The van der Waals surface area contributed by atoms with Crippen molar-refractivity contribution in [2.24, 2.45) is 0 Å². The Morgan fingerprint density at radius 2 is 0.833 bits per heavy atom. The molecule has 0 spiro atoms. The first kappa shape index (κ1) is 27.4. The van der Waals surface area contributed by atoms with Crippen LogP contribution in [0.25, 0.3) is 54.6 Å². The van der Waals surface area contributed by atoms with E-state index in [1.807, 2.05) is 36.4 Å². The summed E-state index contributed by atoms with van der Waals surface area (Å²) in [5.74, 6) is -0.388. The molecule has 230 valence electrons. The number of hydrogen-bond donors (Lipinski definition) is 0. The molecule has 0 amide bonds. The third-order valence-corrected chi connectivity index (χ3v) is 10.5. The van der Waals surface area contributed by atoms with Crippen molar-refractivity contribution in [1.82, 2.24) is 0 Å². The van der Waals surface area contributed by atoms with E-state index in [2.05, 4.69) is 94.7 Å². The highest BCUT2D eigenvalue weighted by Gasteiger charge is 2.30. The minimum Gasteiger partial charge on any atom is -0.338 e. The molecule has 2 heterocycles. The van der Waals surface area contributed by atoms with Crippen LogP contribution in [0.2, 0.25) is 0 Å². The largest absolute Gasteiger partial charge is 0.338 e. The fourth-order valence-corrected chi connectivity index (χ4v) is 8.41. The quantitative estimate of drug-likeness (QED) is 0.180. The van der Waals surface area contributed by atoms with E-state index in [0.717, 1.165) is 89.9 Å². The van der Waals surface area contributed by atoms with Crippen molar-refractivity contribution in [2.45, 2.75) is 12.8 Å². The molecule has 0 bridgehead atoms. The van der Waals surface area contributed by atoms with Gasteiger partial charge in [-0.3, -0.25) is 0 Å². The van der Waals surface area contributed by atoms with E-state index < -0.39 is 0 Å². The summed E-state index contributed by atoms with van der Waals surface area (Å²) in [6, 6.07) is 45.2. The lowest BCUT2D eigenvalue weighted by Crippen LogP contribution is -2.16. The number of anilines is 4. The van der Waals surface area contributed by atoms with Gasteiger partial charge in [0.15, 0.2) is 0 Å². The topological polar surface area (TPSA) is 6.48 Å². The maximum Gasteiger partial charge on any atom is 0.147 e. The maximum atomic E-state index is 15.6. The molecule has 2 aliphatic heterocycles. The lowest BCUT2D eigenvalue weighted by Gasteiger charge is -2.28. The molecule has 0 unspecified atom stereocenters. The Bertz CT molecular complexity index is 2360. The molecule has 0 aromatic heterocycles. The van der Waals surface area contributed by atoms with Crippen molar-refractivity contribution in [3.63, 3.8) is 0 Å². The van der Waals surface area contributed by atoms with Crippen molar-refractivity contribution in [2.75, 3.05) is 22.9 Å². The predicted molar refractivity (Wildman–Crippen MR) is 195 cm³/mol. The van der Waals surface area contributed by atoms with Gasteiger partial charge in [-0.15, -0.1) is 0 Å². The zero-order valence-corrected chi connectivity index (χ0v) is 26.2. The molecule has 8 aromatic rings. The second-order valence-corrected chi connectivity index (χ2v) is 13.0. The second kappa shape index (κ2) is 10.4. The van der Waals surface area contributed by atoms with E-state index in [4.69, 9.17) is 0 Å². The first-order valence-corrected chi connectivity index (χ1v) is 16.6. The Balaban J connectivity index is 1.36. The average molecular weight is 625 g/mol. The molecular weight excluding hydrogens is 594 g/mol. The third kappa shape index (κ3) is 3.89. The Kier molecular flexibility index (Phi) is 5.92. The Morgan fingerprint density at radius 3 is 1.27 bits per heavy atom. The SMILES string of the molecule is Fc1cccc2c1N(c1cc(-c3ccccc3)c3ccc4c(N5CCc6cccc(F)c65)cc(-c5ccccc5)c5ccc1c3c54)CC2. The summed E-state index contributed by atoms with van der Waals surface area (Å²) in [7, 11) is 0. The summed E-state index contributed by atoms with van der Waals surface area (Å²) in [5, 5.41) is 6.77. The zero-order chi connectivity index (χ0) is 31.9. The van der Waals surface area contributed by atoms with Gasteiger partial charge in [0.2, 0.25) is 0 Å². The highest BCUT2D eigenvalue weighted by Crippen LogP contribution is 2.51. The van der Waals surface area contributed by atoms with E-state index in [9.17, 15) is 0 Å². The van der Waals surface area contributed by atoms with Crippen molar-refractivity contribution in [1.29, 1.82) is 0 Å². The van der Waals surface area contributed by atoms with Gasteiger partial charge in [0.05, 0.1) is 11.4 Å².